The highest BCUT2D eigenvalue weighted by Crippen LogP contribution is 2.27. The monoisotopic (exact) mass is 272 g/mol. The molecular weight excluding hydrogens is 271 g/mol. The molecule has 0 aliphatic heterocycles. The summed E-state index contributed by atoms with van der Waals surface area (Å²) in [4.78, 5) is 0.999. The van der Waals surface area contributed by atoms with Gasteiger partial charge in [-0.25, -0.2) is 4.39 Å². The van der Waals surface area contributed by atoms with Crippen molar-refractivity contribution in [2.75, 3.05) is 0 Å². The summed E-state index contributed by atoms with van der Waals surface area (Å²) in [7, 11) is 0. The zero-order chi connectivity index (χ0) is 6.85. The first-order chi connectivity index (χ1) is 4.24. The van der Waals surface area contributed by atoms with Gasteiger partial charge >= 0.3 is 0 Å². The normalized spacial score (nSPS) is 10.1. The summed E-state index contributed by atoms with van der Waals surface area (Å²) in [6, 6.07) is 1.52. The van der Waals surface area contributed by atoms with Gasteiger partial charge in [0.25, 0.3) is 0 Å². The Hall–Kier alpha value is 0.590. The van der Waals surface area contributed by atoms with Crippen LogP contribution in [0.5, 0.6) is 0 Å². The fourth-order valence-electron chi connectivity index (χ4n) is 0.457. The molecular formula is C5H3Br2FS. The Kier molecular flexibility index (Phi) is 2.67. The Labute approximate surface area is 73.3 Å². The van der Waals surface area contributed by atoms with Gasteiger partial charge in [-0.15, -0.1) is 11.3 Å². The molecule has 0 saturated heterocycles. The van der Waals surface area contributed by atoms with E-state index in [2.05, 4.69) is 31.9 Å². The zero-order valence-corrected chi connectivity index (χ0v) is 8.32. The second-order valence-corrected chi connectivity index (χ2v) is 4.48. The Morgan fingerprint density at radius 3 is 2.56 bits per heavy atom. The molecule has 0 unspecified atom stereocenters. The van der Waals surface area contributed by atoms with Gasteiger partial charge in [-0.2, -0.15) is 0 Å². The Morgan fingerprint density at radius 2 is 2.33 bits per heavy atom. The van der Waals surface area contributed by atoms with Crippen LogP contribution in [0.4, 0.5) is 4.39 Å². The molecule has 0 amide bonds. The molecule has 1 aromatic rings. The van der Waals surface area contributed by atoms with Gasteiger partial charge in [0.2, 0.25) is 0 Å². The first kappa shape index (κ1) is 7.69. The Bertz CT molecular complexity index is 189. The molecule has 0 aliphatic rings. The van der Waals surface area contributed by atoms with E-state index >= 15 is 0 Å². The largest absolute Gasteiger partial charge is 0.205 e. The fraction of sp³-hybridized carbons (Fsp3) is 0.200. The van der Waals surface area contributed by atoms with Gasteiger partial charge in [0.15, 0.2) is 0 Å². The number of halogens is 3. The molecule has 0 aromatic carbocycles. The van der Waals surface area contributed by atoms with Crippen LogP contribution in [0.3, 0.4) is 0 Å². The maximum Gasteiger partial charge on any atom is 0.148 e. The van der Waals surface area contributed by atoms with Crippen molar-refractivity contribution in [3.63, 3.8) is 0 Å². The SMILES string of the molecule is Fc1cc(CBr)sc1Br. The maximum absolute atomic E-state index is 12.5. The zero-order valence-electron chi connectivity index (χ0n) is 4.33. The average Bonchev–Trinajstić information content (AvgIpc) is 2.13. The quantitative estimate of drug-likeness (QED) is 0.687. The van der Waals surface area contributed by atoms with Crippen molar-refractivity contribution in [1.29, 1.82) is 0 Å². The van der Waals surface area contributed by atoms with Gasteiger partial charge in [-0.3, -0.25) is 0 Å². The fourth-order valence-corrected chi connectivity index (χ4v) is 2.30. The van der Waals surface area contributed by atoms with Crippen molar-refractivity contribution in [2.24, 2.45) is 0 Å². The molecule has 0 radical (unpaired) electrons. The van der Waals surface area contributed by atoms with Gasteiger partial charge in [0, 0.05) is 10.2 Å². The van der Waals surface area contributed by atoms with Crippen LogP contribution < -0.4 is 0 Å². The molecule has 0 N–H and O–H groups in total. The van der Waals surface area contributed by atoms with E-state index < -0.39 is 0 Å². The van der Waals surface area contributed by atoms with E-state index in [0.29, 0.717) is 3.79 Å². The lowest BCUT2D eigenvalue weighted by atomic mass is 10.5. The molecule has 0 saturated carbocycles. The van der Waals surface area contributed by atoms with E-state index in [1.807, 2.05) is 0 Å². The standard InChI is InChI=1S/C5H3Br2FS/c6-2-3-1-4(8)5(7)9-3/h1H,2H2. The molecule has 1 rings (SSSR count). The molecule has 0 fully saturated rings. The van der Waals surface area contributed by atoms with Crippen LogP contribution in [0.25, 0.3) is 0 Å². The summed E-state index contributed by atoms with van der Waals surface area (Å²) < 4.78 is 13.0. The van der Waals surface area contributed by atoms with Crippen molar-refractivity contribution < 1.29 is 4.39 Å². The second kappa shape index (κ2) is 3.12. The Morgan fingerprint density at radius 1 is 1.67 bits per heavy atom. The van der Waals surface area contributed by atoms with Crippen molar-refractivity contribution in [2.45, 2.75) is 5.33 Å². The Balaban J connectivity index is 2.98. The minimum absolute atomic E-state index is 0.172. The van der Waals surface area contributed by atoms with Crippen LogP contribution in [0.15, 0.2) is 9.85 Å². The summed E-state index contributed by atoms with van der Waals surface area (Å²) >= 11 is 7.72. The van der Waals surface area contributed by atoms with E-state index in [4.69, 9.17) is 0 Å². The lowest BCUT2D eigenvalue weighted by molar-refractivity contribution is 0.627. The summed E-state index contributed by atoms with van der Waals surface area (Å²) in [6.07, 6.45) is 0. The van der Waals surface area contributed by atoms with Crippen molar-refractivity contribution in [3.8, 4) is 0 Å². The minimum atomic E-state index is -0.172. The van der Waals surface area contributed by atoms with E-state index in [0.717, 1.165) is 10.2 Å². The van der Waals surface area contributed by atoms with Gasteiger partial charge in [0.1, 0.15) is 9.60 Å². The van der Waals surface area contributed by atoms with Crippen LogP contribution in [0.1, 0.15) is 4.88 Å². The van der Waals surface area contributed by atoms with Gasteiger partial charge < -0.3 is 0 Å². The lowest BCUT2D eigenvalue weighted by Crippen LogP contribution is -1.62. The third-order valence-electron chi connectivity index (χ3n) is 0.828. The smallest absolute Gasteiger partial charge is 0.148 e. The van der Waals surface area contributed by atoms with Gasteiger partial charge in [0.05, 0.1) is 0 Å². The molecule has 1 heterocycles. The first-order valence-electron chi connectivity index (χ1n) is 2.23. The van der Waals surface area contributed by atoms with Crippen molar-refractivity contribution in [3.05, 3.63) is 20.5 Å². The van der Waals surface area contributed by atoms with Crippen LogP contribution in [-0.4, -0.2) is 0 Å². The van der Waals surface area contributed by atoms with E-state index in [1.165, 1.54) is 17.4 Å². The third-order valence-corrected chi connectivity index (χ3v) is 3.57. The number of rotatable bonds is 1. The second-order valence-electron chi connectivity index (χ2n) is 1.47. The summed E-state index contributed by atoms with van der Waals surface area (Å²) in [5.41, 5.74) is 0. The summed E-state index contributed by atoms with van der Waals surface area (Å²) in [5, 5.41) is 0.722. The summed E-state index contributed by atoms with van der Waals surface area (Å²) in [6.45, 7) is 0. The highest BCUT2D eigenvalue weighted by Gasteiger charge is 2.03. The number of thiophene rings is 1. The molecule has 50 valence electrons. The predicted molar refractivity (Wildman–Crippen MR) is 44.6 cm³/mol. The molecule has 0 atom stereocenters. The van der Waals surface area contributed by atoms with Crippen LogP contribution in [0, 0.1) is 5.82 Å². The van der Waals surface area contributed by atoms with Crippen LogP contribution in [-0.2, 0) is 5.33 Å². The molecule has 0 spiro atoms. The average molecular weight is 274 g/mol. The molecule has 0 nitrogen and oxygen atoms in total. The minimum Gasteiger partial charge on any atom is -0.205 e. The lowest BCUT2D eigenvalue weighted by Gasteiger charge is -1.77. The number of hydrogen-bond donors (Lipinski definition) is 0. The first-order valence-corrected chi connectivity index (χ1v) is 4.97. The van der Waals surface area contributed by atoms with Crippen molar-refractivity contribution >= 4 is 43.2 Å². The highest BCUT2D eigenvalue weighted by atomic mass is 79.9. The molecule has 4 heteroatoms. The van der Waals surface area contributed by atoms with Crippen LogP contribution in [0.2, 0.25) is 0 Å². The molecule has 1 aromatic heterocycles. The van der Waals surface area contributed by atoms with Gasteiger partial charge in [-0.05, 0) is 22.0 Å². The predicted octanol–water partition coefficient (Wildman–Crippen LogP) is 3.54. The van der Waals surface area contributed by atoms with E-state index in [1.54, 1.807) is 0 Å². The van der Waals surface area contributed by atoms with Crippen LogP contribution >= 0.6 is 43.2 Å². The molecule has 0 bridgehead atoms. The van der Waals surface area contributed by atoms with E-state index in [-0.39, 0.29) is 5.82 Å². The highest BCUT2D eigenvalue weighted by molar-refractivity contribution is 9.11. The maximum atomic E-state index is 12.5. The van der Waals surface area contributed by atoms with E-state index in [9.17, 15) is 4.39 Å². The number of alkyl halides is 1. The van der Waals surface area contributed by atoms with Gasteiger partial charge in [-0.1, -0.05) is 15.9 Å². The number of hydrogen-bond acceptors (Lipinski definition) is 1. The third kappa shape index (κ3) is 1.75. The summed E-state index contributed by atoms with van der Waals surface area (Å²) in [5.74, 6) is -0.172. The molecule has 0 aliphatic carbocycles. The molecule has 9 heavy (non-hydrogen) atoms. The topological polar surface area (TPSA) is 0 Å². The van der Waals surface area contributed by atoms with Crippen molar-refractivity contribution in [1.82, 2.24) is 0 Å².